The molecular formula is C21H19ClN2O4. The van der Waals surface area contributed by atoms with Crippen molar-refractivity contribution in [1.82, 2.24) is 4.90 Å². The molecule has 1 spiro atoms. The van der Waals surface area contributed by atoms with Crippen molar-refractivity contribution in [2.45, 2.75) is 12.8 Å². The summed E-state index contributed by atoms with van der Waals surface area (Å²) in [4.78, 5) is 27.3. The summed E-state index contributed by atoms with van der Waals surface area (Å²) < 4.78 is 10.6. The number of carbonyl (C=O) groups is 2. The number of likely N-dealkylation sites (tertiary alicyclic amines) is 1. The van der Waals surface area contributed by atoms with Crippen molar-refractivity contribution in [3.05, 3.63) is 53.1 Å². The van der Waals surface area contributed by atoms with Gasteiger partial charge in [-0.2, -0.15) is 0 Å². The Hall–Kier alpha value is -2.73. The molecule has 1 N–H and O–H groups in total. The van der Waals surface area contributed by atoms with Crippen molar-refractivity contribution in [2.24, 2.45) is 11.3 Å². The number of nitrogens with zero attached hydrogens (tertiary/aromatic N) is 1. The molecule has 1 aliphatic carbocycles. The lowest BCUT2D eigenvalue weighted by atomic mass is 10.0. The van der Waals surface area contributed by atoms with E-state index in [0.717, 1.165) is 12.8 Å². The highest BCUT2D eigenvalue weighted by molar-refractivity contribution is 6.30. The number of halogens is 1. The highest BCUT2D eigenvalue weighted by Gasteiger charge is 2.61. The molecule has 2 fully saturated rings. The normalized spacial score (nSPS) is 24.5. The van der Waals surface area contributed by atoms with Crippen molar-refractivity contribution in [2.75, 3.05) is 25.2 Å². The van der Waals surface area contributed by atoms with Crippen LogP contribution in [0.2, 0.25) is 5.02 Å². The van der Waals surface area contributed by atoms with Crippen LogP contribution in [0.3, 0.4) is 0 Å². The molecule has 1 saturated heterocycles. The Morgan fingerprint density at radius 2 is 1.89 bits per heavy atom. The van der Waals surface area contributed by atoms with Gasteiger partial charge in [-0.05, 0) is 49.2 Å². The highest BCUT2D eigenvalue weighted by Crippen LogP contribution is 2.59. The molecule has 28 heavy (non-hydrogen) atoms. The highest BCUT2D eigenvalue weighted by atomic mass is 35.5. The summed E-state index contributed by atoms with van der Waals surface area (Å²) >= 11 is 5.90. The summed E-state index contributed by atoms with van der Waals surface area (Å²) in [6.07, 6.45) is 1.67. The summed E-state index contributed by atoms with van der Waals surface area (Å²) in [5.41, 5.74) is 1.23. The molecule has 3 aliphatic rings. The Morgan fingerprint density at radius 3 is 2.71 bits per heavy atom. The third kappa shape index (κ3) is 2.98. The average Bonchev–Trinajstić information content (AvgIpc) is 3.02. The first kappa shape index (κ1) is 17.4. The number of amides is 2. The lowest BCUT2D eigenvalue weighted by Gasteiger charge is -2.17. The summed E-state index contributed by atoms with van der Waals surface area (Å²) in [6.45, 7) is 1.50. The number of hydrogen-bond donors (Lipinski definition) is 1. The van der Waals surface area contributed by atoms with Crippen molar-refractivity contribution >= 4 is 29.1 Å². The van der Waals surface area contributed by atoms with E-state index in [1.54, 1.807) is 36.4 Å². The maximum absolute atomic E-state index is 12.7. The van der Waals surface area contributed by atoms with Gasteiger partial charge in [0, 0.05) is 46.8 Å². The Morgan fingerprint density at radius 1 is 1.11 bits per heavy atom. The fourth-order valence-corrected chi connectivity index (χ4v) is 4.34. The topological polar surface area (TPSA) is 67.9 Å². The molecule has 7 heteroatoms. The van der Waals surface area contributed by atoms with Crippen LogP contribution in [-0.2, 0) is 4.79 Å². The Bertz CT molecular complexity index is 961. The largest absolute Gasteiger partial charge is 0.454 e. The van der Waals surface area contributed by atoms with Crippen molar-refractivity contribution < 1.29 is 19.1 Å². The zero-order chi connectivity index (χ0) is 19.3. The molecule has 0 bridgehead atoms. The van der Waals surface area contributed by atoms with Crippen molar-refractivity contribution in [3.63, 3.8) is 0 Å². The molecule has 0 aromatic heterocycles. The van der Waals surface area contributed by atoms with Gasteiger partial charge in [0.25, 0.3) is 5.91 Å². The average molecular weight is 399 g/mol. The van der Waals surface area contributed by atoms with E-state index in [2.05, 4.69) is 5.32 Å². The van der Waals surface area contributed by atoms with Gasteiger partial charge in [-0.15, -0.1) is 0 Å². The van der Waals surface area contributed by atoms with Gasteiger partial charge in [-0.1, -0.05) is 11.6 Å². The van der Waals surface area contributed by atoms with Crippen LogP contribution in [0.5, 0.6) is 11.5 Å². The zero-order valence-electron chi connectivity index (χ0n) is 15.1. The Kier molecular flexibility index (Phi) is 3.98. The fourth-order valence-electron chi connectivity index (χ4n) is 4.22. The van der Waals surface area contributed by atoms with Gasteiger partial charge >= 0.3 is 0 Å². The Balaban J connectivity index is 1.22. The van der Waals surface area contributed by atoms with E-state index in [0.29, 0.717) is 40.9 Å². The molecule has 2 amide bonds. The van der Waals surface area contributed by atoms with E-state index in [9.17, 15) is 9.59 Å². The van der Waals surface area contributed by atoms with Gasteiger partial charge in [-0.3, -0.25) is 9.59 Å². The summed E-state index contributed by atoms with van der Waals surface area (Å²) in [7, 11) is 0. The third-order valence-electron chi connectivity index (χ3n) is 5.91. The van der Waals surface area contributed by atoms with Gasteiger partial charge in [0.1, 0.15) is 0 Å². The van der Waals surface area contributed by atoms with Gasteiger partial charge in [-0.25, -0.2) is 0 Å². The fraction of sp³-hybridized carbons (Fsp3) is 0.333. The monoisotopic (exact) mass is 398 g/mol. The molecular weight excluding hydrogens is 380 g/mol. The minimum atomic E-state index is -0.0947. The molecule has 5 rings (SSSR count). The van der Waals surface area contributed by atoms with Crippen LogP contribution in [0.15, 0.2) is 42.5 Å². The third-order valence-corrected chi connectivity index (χ3v) is 6.16. The maximum atomic E-state index is 12.7. The zero-order valence-corrected chi connectivity index (χ0v) is 15.9. The molecule has 2 aromatic carbocycles. The van der Waals surface area contributed by atoms with Crippen LogP contribution in [0, 0.1) is 11.3 Å². The lowest BCUT2D eigenvalue weighted by molar-refractivity contribution is -0.118. The first-order chi connectivity index (χ1) is 13.5. The Labute approximate surface area is 167 Å². The summed E-state index contributed by atoms with van der Waals surface area (Å²) in [6, 6.07) is 12.3. The molecule has 2 aromatic rings. The quantitative estimate of drug-likeness (QED) is 0.858. The van der Waals surface area contributed by atoms with E-state index in [4.69, 9.17) is 21.1 Å². The number of ether oxygens (including phenoxy) is 2. The molecule has 144 valence electrons. The van der Waals surface area contributed by atoms with Crippen LogP contribution >= 0.6 is 11.6 Å². The van der Waals surface area contributed by atoms with Gasteiger partial charge in [0.2, 0.25) is 12.7 Å². The maximum Gasteiger partial charge on any atom is 0.253 e. The smallest absolute Gasteiger partial charge is 0.253 e. The molecule has 6 nitrogen and oxygen atoms in total. The van der Waals surface area contributed by atoms with E-state index >= 15 is 0 Å². The predicted octanol–water partition coefficient (Wildman–Crippen LogP) is 3.56. The summed E-state index contributed by atoms with van der Waals surface area (Å²) in [5, 5.41) is 3.58. The second kappa shape index (κ2) is 6.41. The minimum absolute atomic E-state index is 0.000317. The first-order valence-electron chi connectivity index (χ1n) is 9.29. The number of benzene rings is 2. The lowest BCUT2D eigenvalue weighted by Crippen LogP contribution is -2.29. The number of anilines is 1. The molecule has 0 radical (unpaired) electrons. The minimum Gasteiger partial charge on any atom is -0.454 e. The number of rotatable bonds is 3. The second-order valence-corrected chi connectivity index (χ2v) is 8.10. The SMILES string of the molecule is O=C(Nc1ccc2c(c1)OCO2)[C@H]1C[C@]12CCN(C(=O)c1ccc(Cl)cc1)C2. The van der Waals surface area contributed by atoms with E-state index in [1.807, 2.05) is 11.0 Å². The molecule has 2 aliphatic heterocycles. The molecule has 2 atom stereocenters. The van der Waals surface area contributed by atoms with E-state index in [1.165, 1.54) is 0 Å². The van der Waals surface area contributed by atoms with Crippen molar-refractivity contribution in [3.8, 4) is 11.5 Å². The molecule has 1 saturated carbocycles. The standard InChI is InChI=1S/C21H19ClN2O4/c22-14-3-1-13(2-4-14)20(26)24-8-7-21(11-24)10-16(21)19(25)23-15-5-6-17-18(9-15)28-12-27-17/h1-6,9,16H,7-8,10-12H2,(H,23,25)/t16-,21+/m1/s1. The molecule has 0 unspecified atom stereocenters. The van der Waals surface area contributed by atoms with E-state index < -0.39 is 0 Å². The number of nitrogens with one attached hydrogen (secondary N) is 1. The van der Waals surface area contributed by atoms with Crippen LogP contribution in [0.1, 0.15) is 23.2 Å². The van der Waals surface area contributed by atoms with E-state index in [-0.39, 0.29) is 29.9 Å². The molecule has 2 heterocycles. The number of carbonyl (C=O) groups excluding carboxylic acids is 2. The van der Waals surface area contributed by atoms with Gasteiger partial charge in [0.05, 0.1) is 0 Å². The van der Waals surface area contributed by atoms with Crippen LogP contribution in [0.4, 0.5) is 5.69 Å². The van der Waals surface area contributed by atoms with Gasteiger partial charge in [0.15, 0.2) is 11.5 Å². The van der Waals surface area contributed by atoms with Crippen LogP contribution < -0.4 is 14.8 Å². The summed E-state index contributed by atoms with van der Waals surface area (Å²) in [5.74, 6) is 1.26. The first-order valence-corrected chi connectivity index (χ1v) is 9.67. The number of hydrogen-bond acceptors (Lipinski definition) is 4. The predicted molar refractivity (Wildman–Crippen MR) is 104 cm³/mol. The number of fused-ring (bicyclic) bond motifs is 1. The van der Waals surface area contributed by atoms with Crippen LogP contribution in [-0.4, -0.2) is 36.6 Å². The second-order valence-electron chi connectivity index (χ2n) is 7.66. The van der Waals surface area contributed by atoms with Gasteiger partial charge < -0.3 is 19.7 Å². The van der Waals surface area contributed by atoms with Crippen molar-refractivity contribution in [1.29, 1.82) is 0 Å². The van der Waals surface area contributed by atoms with Crippen LogP contribution in [0.25, 0.3) is 0 Å².